The van der Waals surface area contributed by atoms with Crippen molar-refractivity contribution in [1.29, 1.82) is 0 Å². The second-order valence-corrected chi connectivity index (χ2v) is 6.12. The second-order valence-electron chi connectivity index (χ2n) is 6.12. The zero-order chi connectivity index (χ0) is 19.1. The minimum Gasteiger partial charge on any atom is -0.491 e. The molecule has 7 nitrogen and oxygen atoms in total. The highest BCUT2D eigenvalue weighted by atomic mass is 19.1. The Morgan fingerprint density at radius 3 is 2.59 bits per heavy atom. The third kappa shape index (κ3) is 4.84. The van der Waals surface area contributed by atoms with E-state index in [-0.39, 0.29) is 11.6 Å². The fourth-order valence-corrected chi connectivity index (χ4v) is 3.01. The third-order valence-corrected chi connectivity index (χ3v) is 4.37. The summed E-state index contributed by atoms with van der Waals surface area (Å²) in [5, 5.41) is 3.31. The minimum absolute atomic E-state index is 0.282. The van der Waals surface area contributed by atoms with Gasteiger partial charge in [0.15, 0.2) is 17.5 Å². The molecule has 27 heavy (non-hydrogen) atoms. The van der Waals surface area contributed by atoms with Crippen LogP contribution in [0.15, 0.2) is 41.7 Å². The number of nitrogens with one attached hydrogen (secondary N) is 1. The summed E-state index contributed by atoms with van der Waals surface area (Å²) in [5.41, 5.74) is 0.841. The summed E-state index contributed by atoms with van der Waals surface area (Å²) in [7, 11) is 1.76. The molecule has 1 aliphatic rings. The van der Waals surface area contributed by atoms with Crippen molar-refractivity contribution >= 4 is 11.9 Å². The number of rotatable bonds is 5. The van der Waals surface area contributed by atoms with Crippen molar-refractivity contribution in [3.05, 3.63) is 48.0 Å². The van der Waals surface area contributed by atoms with Crippen LogP contribution in [0, 0.1) is 5.82 Å². The highest BCUT2D eigenvalue weighted by Gasteiger charge is 2.21. The lowest BCUT2D eigenvalue weighted by Gasteiger charge is -2.36. The Kier molecular flexibility index (Phi) is 6.40. The first-order chi connectivity index (χ1) is 13.2. The molecule has 3 rings (SSSR count). The number of benzene rings is 1. The standard InChI is InChI=1S/C19H25FN6O/c1-3-27-17-6-5-15(13-16(17)20)14-24-18(21-2)25-9-11-26(12-10-25)19-22-7-4-8-23-19/h4-8,13H,3,9-12,14H2,1-2H3,(H,21,24). The number of nitrogens with zero attached hydrogens (tertiary/aromatic N) is 5. The molecule has 0 unspecified atom stereocenters. The maximum atomic E-state index is 14.0. The van der Waals surface area contributed by atoms with Gasteiger partial charge in [0.2, 0.25) is 5.95 Å². The smallest absolute Gasteiger partial charge is 0.225 e. The molecular weight excluding hydrogens is 347 g/mol. The van der Waals surface area contributed by atoms with Gasteiger partial charge in [-0.05, 0) is 30.7 Å². The number of guanidine groups is 1. The Morgan fingerprint density at radius 1 is 1.22 bits per heavy atom. The lowest BCUT2D eigenvalue weighted by atomic mass is 10.2. The molecule has 1 aromatic carbocycles. The monoisotopic (exact) mass is 372 g/mol. The zero-order valence-electron chi connectivity index (χ0n) is 15.7. The molecule has 1 N–H and O–H groups in total. The zero-order valence-corrected chi connectivity index (χ0v) is 15.7. The van der Waals surface area contributed by atoms with Crippen molar-refractivity contribution < 1.29 is 9.13 Å². The molecule has 1 saturated heterocycles. The fourth-order valence-electron chi connectivity index (χ4n) is 3.01. The number of anilines is 1. The van der Waals surface area contributed by atoms with Crippen molar-refractivity contribution in [2.75, 3.05) is 44.7 Å². The average molecular weight is 372 g/mol. The molecule has 0 saturated carbocycles. The predicted molar refractivity (Wildman–Crippen MR) is 104 cm³/mol. The maximum absolute atomic E-state index is 14.0. The molecule has 0 bridgehead atoms. The average Bonchev–Trinajstić information content (AvgIpc) is 2.71. The van der Waals surface area contributed by atoms with E-state index < -0.39 is 0 Å². The summed E-state index contributed by atoms with van der Waals surface area (Å²) in [6.45, 7) is 6.05. The summed E-state index contributed by atoms with van der Waals surface area (Å²) < 4.78 is 19.2. The topological polar surface area (TPSA) is 65.9 Å². The van der Waals surface area contributed by atoms with Gasteiger partial charge >= 0.3 is 0 Å². The van der Waals surface area contributed by atoms with Crippen LogP contribution < -0.4 is 15.0 Å². The van der Waals surface area contributed by atoms with Gasteiger partial charge in [-0.1, -0.05) is 6.07 Å². The molecule has 1 aliphatic heterocycles. The van der Waals surface area contributed by atoms with Gasteiger partial charge in [0.1, 0.15) is 0 Å². The van der Waals surface area contributed by atoms with Crippen LogP contribution in [0.2, 0.25) is 0 Å². The normalized spacial score (nSPS) is 15.0. The van der Waals surface area contributed by atoms with Gasteiger partial charge in [0.05, 0.1) is 6.61 Å². The van der Waals surface area contributed by atoms with Crippen molar-refractivity contribution in [2.24, 2.45) is 4.99 Å². The molecule has 0 aliphatic carbocycles. The van der Waals surface area contributed by atoms with Crippen LogP contribution in [0.25, 0.3) is 0 Å². The number of hydrogen-bond donors (Lipinski definition) is 1. The number of ether oxygens (including phenoxy) is 1. The van der Waals surface area contributed by atoms with Crippen LogP contribution in [-0.4, -0.2) is 60.7 Å². The van der Waals surface area contributed by atoms with Crippen LogP contribution in [0.1, 0.15) is 12.5 Å². The highest BCUT2D eigenvalue weighted by molar-refractivity contribution is 5.80. The molecule has 1 fully saturated rings. The SMILES string of the molecule is CCOc1ccc(CNC(=NC)N2CCN(c3ncccn3)CC2)cc1F. The van der Waals surface area contributed by atoms with Gasteiger partial charge in [0.25, 0.3) is 0 Å². The van der Waals surface area contributed by atoms with E-state index in [0.29, 0.717) is 13.2 Å². The van der Waals surface area contributed by atoms with Crippen LogP contribution in [0.4, 0.5) is 10.3 Å². The van der Waals surface area contributed by atoms with E-state index >= 15 is 0 Å². The van der Waals surface area contributed by atoms with Crippen molar-refractivity contribution in [3.63, 3.8) is 0 Å². The number of aromatic nitrogens is 2. The quantitative estimate of drug-likeness (QED) is 0.639. The van der Waals surface area contributed by atoms with Crippen LogP contribution in [-0.2, 0) is 6.54 Å². The van der Waals surface area contributed by atoms with Gasteiger partial charge in [-0.2, -0.15) is 0 Å². The first-order valence-electron chi connectivity index (χ1n) is 9.10. The Labute approximate surface area is 158 Å². The van der Waals surface area contributed by atoms with Gasteiger partial charge < -0.3 is 19.9 Å². The number of aliphatic imine (C=N–C) groups is 1. The van der Waals surface area contributed by atoms with E-state index in [9.17, 15) is 4.39 Å². The van der Waals surface area contributed by atoms with Crippen molar-refractivity contribution in [1.82, 2.24) is 20.2 Å². The van der Waals surface area contributed by atoms with E-state index in [0.717, 1.165) is 43.7 Å². The molecule has 0 radical (unpaired) electrons. The Morgan fingerprint density at radius 2 is 1.96 bits per heavy atom. The number of hydrogen-bond acceptors (Lipinski definition) is 5. The first kappa shape index (κ1) is 18.9. The molecule has 144 valence electrons. The van der Waals surface area contributed by atoms with Gasteiger partial charge in [-0.25, -0.2) is 14.4 Å². The number of halogens is 1. The largest absolute Gasteiger partial charge is 0.491 e. The van der Waals surface area contributed by atoms with E-state index in [1.807, 2.05) is 19.1 Å². The summed E-state index contributed by atoms with van der Waals surface area (Å²) in [4.78, 5) is 17.3. The van der Waals surface area contributed by atoms with E-state index in [1.54, 1.807) is 25.5 Å². The molecule has 0 amide bonds. The summed E-state index contributed by atoms with van der Waals surface area (Å²) in [5.74, 6) is 1.50. The Bertz CT molecular complexity index is 762. The molecular formula is C19H25FN6O. The Balaban J connectivity index is 1.53. The third-order valence-electron chi connectivity index (χ3n) is 4.37. The molecule has 8 heteroatoms. The fraction of sp³-hybridized carbons (Fsp3) is 0.421. The lowest BCUT2D eigenvalue weighted by molar-refractivity contribution is 0.321. The van der Waals surface area contributed by atoms with E-state index in [1.165, 1.54) is 6.07 Å². The predicted octanol–water partition coefficient (Wildman–Crippen LogP) is 1.91. The first-order valence-corrected chi connectivity index (χ1v) is 9.10. The highest BCUT2D eigenvalue weighted by Crippen LogP contribution is 2.18. The maximum Gasteiger partial charge on any atom is 0.225 e. The number of piperazine rings is 1. The molecule has 2 aromatic rings. The Hall–Kier alpha value is -2.90. The molecule has 0 spiro atoms. The van der Waals surface area contributed by atoms with Crippen molar-refractivity contribution in [2.45, 2.75) is 13.5 Å². The minimum atomic E-state index is -0.345. The summed E-state index contributed by atoms with van der Waals surface area (Å²) >= 11 is 0. The van der Waals surface area contributed by atoms with Crippen LogP contribution in [0.3, 0.4) is 0 Å². The second kappa shape index (κ2) is 9.16. The summed E-state index contributed by atoms with van der Waals surface area (Å²) in [6, 6.07) is 6.83. The van der Waals surface area contributed by atoms with Gasteiger partial charge in [-0.3, -0.25) is 4.99 Å². The van der Waals surface area contributed by atoms with E-state index in [4.69, 9.17) is 4.74 Å². The lowest BCUT2D eigenvalue weighted by Crippen LogP contribution is -2.52. The van der Waals surface area contributed by atoms with Crippen LogP contribution in [0.5, 0.6) is 5.75 Å². The van der Waals surface area contributed by atoms with Gasteiger partial charge in [-0.15, -0.1) is 0 Å². The molecule has 0 atom stereocenters. The molecule has 2 heterocycles. The van der Waals surface area contributed by atoms with Gasteiger partial charge in [0, 0.05) is 52.2 Å². The van der Waals surface area contributed by atoms with Crippen LogP contribution >= 0.6 is 0 Å². The van der Waals surface area contributed by atoms with Crippen molar-refractivity contribution in [3.8, 4) is 5.75 Å². The van der Waals surface area contributed by atoms with E-state index in [2.05, 4.69) is 30.1 Å². The summed E-state index contributed by atoms with van der Waals surface area (Å²) in [6.07, 6.45) is 3.51. The molecule has 1 aromatic heterocycles.